The first-order valence-electron chi connectivity index (χ1n) is 7.33. The van der Waals surface area contributed by atoms with Gasteiger partial charge in [0, 0.05) is 18.1 Å². The largest absolute Gasteiger partial charge is 0.468 e. The SMILES string of the molecule is COC(=O)CSC1=C(C#N)C(c2ccncc2)C(C(=O)OC)=C(C)N1. The molecule has 0 saturated carbocycles. The predicted octanol–water partition coefficient (Wildman–Crippen LogP) is 1.86. The molecule has 0 fully saturated rings. The molecular formula is C17H17N3O4S. The van der Waals surface area contributed by atoms with Crippen molar-refractivity contribution in [1.82, 2.24) is 10.3 Å². The third-order valence-corrected chi connectivity index (χ3v) is 4.64. The molecule has 2 heterocycles. The maximum atomic E-state index is 12.3. The Kier molecular flexibility index (Phi) is 6.19. The van der Waals surface area contributed by atoms with Gasteiger partial charge in [-0.3, -0.25) is 9.78 Å². The lowest BCUT2D eigenvalue weighted by molar-refractivity contribution is -0.138. The normalized spacial score (nSPS) is 16.8. The Balaban J connectivity index is 2.52. The van der Waals surface area contributed by atoms with Gasteiger partial charge in [-0.25, -0.2) is 4.79 Å². The summed E-state index contributed by atoms with van der Waals surface area (Å²) in [6.45, 7) is 1.73. The summed E-state index contributed by atoms with van der Waals surface area (Å²) in [5.41, 5.74) is 2.00. The van der Waals surface area contributed by atoms with E-state index >= 15 is 0 Å². The van der Waals surface area contributed by atoms with Gasteiger partial charge in [0.1, 0.15) is 0 Å². The van der Waals surface area contributed by atoms with E-state index in [2.05, 4.69) is 21.1 Å². The van der Waals surface area contributed by atoms with Gasteiger partial charge in [-0.2, -0.15) is 5.26 Å². The fourth-order valence-corrected chi connectivity index (χ4v) is 3.41. The molecule has 0 radical (unpaired) electrons. The number of carbonyl (C=O) groups is 2. The number of carbonyl (C=O) groups excluding carboxylic acids is 2. The van der Waals surface area contributed by atoms with E-state index in [1.807, 2.05) is 0 Å². The summed E-state index contributed by atoms with van der Waals surface area (Å²) < 4.78 is 9.53. The van der Waals surface area contributed by atoms with E-state index in [1.54, 1.807) is 31.5 Å². The summed E-state index contributed by atoms with van der Waals surface area (Å²) in [6.07, 6.45) is 3.19. The molecule has 1 aliphatic rings. The number of aromatic nitrogens is 1. The Bertz CT molecular complexity index is 781. The molecule has 8 heteroatoms. The highest BCUT2D eigenvalue weighted by Crippen LogP contribution is 2.40. The molecule has 1 N–H and O–H groups in total. The van der Waals surface area contributed by atoms with Gasteiger partial charge in [0.25, 0.3) is 0 Å². The van der Waals surface area contributed by atoms with Crippen molar-refractivity contribution in [1.29, 1.82) is 5.26 Å². The van der Waals surface area contributed by atoms with Gasteiger partial charge in [-0.15, -0.1) is 0 Å². The number of rotatable bonds is 5. The molecular weight excluding hydrogens is 342 g/mol. The fraction of sp³-hybridized carbons (Fsp3) is 0.294. The van der Waals surface area contributed by atoms with Gasteiger partial charge in [-0.05, 0) is 24.6 Å². The lowest BCUT2D eigenvalue weighted by Crippen LogP contribution is -2.28. The van der Waals surface area contributed by atoms with E-state index in [1.165, 1.54) is 14.2 Å². The number of thioether (sulfide) groups is 1. The lowest BCUT2D eigenvalue weighted by Gasteiger charge is -2.28. The van der Waals surface area contributed by atoms with Crippen molar-refractivity contribution < 1.29 is 19.1 Å². The van der Waals surface area contributed by atoms with Crippen LogP contribution < -0.4 is 5.32 Å². The number of hydrogen-bond acceptors (Lipinski definition) is 8. The Morgan fingerprint density at radius 3 is 2.56 bits per heavy atom. The number of hydrogen-bond donors (Lipinski definition) is 1. The van der Waals surface area contributed by atoms with Crippen LogP contribution in [0.15, 0.2) is 46.4 Å². The standard InChI is InChI=1S/C17H17N3O4S/c1-10-14(17(22)24-3)15(11-4-6-19-7-5-11)12(8-18)16(20-10)25-9-13(21)23-2/h4-7,15,20H,9H2,1-3H3. The van der Waals surface area contributed by atoms with Crippen molar-refractivity contribution in [2.24, 2.45) is 0 Å². The maximum absolute atomic E-state index is 12.3. The summed E-state index contributed by atoms with van der Waals surface area (Å²) >= 11 is 1.16. The monoisotopic (exact) mass is 359 g/mol. The van der Waals surface area contributed by atoms with Crippen LogP contribution in [0.2, 0.25) is 0 Å². The fourth-order valence-electron chi connectivity index (χ4n) is 2.49. The van der Waals surface area contributed by atoms with Crippen molar-refractivity contribution >= 4 is 23.7 Å². The third kappa shape index (κ3) is 4.00. The highest BCUT2D eigenvalue weighted by atomic mass is 32.2. The van der Waals surface area contributed by atoms with E-state index in [-0.39, 0.29) is 5.75 Å². The molecule has 0 amide bonds. The highest BCUT2D eigenvalue weighted by molar-refractivity contribution is 8.03. The number of esters is 2. The molecule has 25 heavy (non-hydrogen) atoms. The van der Waals surface area contributed by atoms with E-state index in [0.29, 0.717) is 21.9 Å². The summed E-state index contributed by atoms with van der Waals surface area (Å²) in [7, 11) is 2.60. The first-order chi connectivity index (χ1) is 12.0. The minimum Gasteiger partial charge on any atom is -0.468 e. The number of nitriles is 1. The van der Waals surface area contributed by atoms with Crippen LogP contribution in [0.3, 0.4) is 0 Å². The van der Waals surface area contributed by atoms with Crippen LogP contribution in [-0.4, -0.2) is 36.9 Å². The highest BCUT2D eigenvalue weighted by Gasteiger charge is 2.35. The van der Waals surface area contributed by atoms with Crippen LogP contribution in [-0.2, 0) is 19.1 Å². The van der Waals surface area contributed by atoms with Crippen LogP contribution >= 0.6 is 11.8 Å². The number of dihydropyridines is 1. The van der Waals surface area contributed by atoms with Gasteiger partial charge in [0.15, 0.2) is 0 Å². The second-order valence-corrected chi connectivity index (χ2v) is 6.07. The maximum Gasteiger partial charge on any atom is 0.336 e. The van der Waals surface area contributed by atoms with Crippen LogP contribution in [0.5, 0.6) is 0 Å². The zero-order chi connectivity index (χ0) is 18.4. The number of ether oxygens (including phenoxy) is 2. The number of pyridine rings is 1. The van der Waals surface area contributed by atoms with Crippen LogP contribution in [0.25, 0.3) is 0 Å². The molecule has 7 nitrogen and oxygen atoms in total. The van der Waals surface area contributed by atoms with Gasteiger partial charge in [-0.1, -0.05) is 11.8 Å². The van der Waals surface area contributed by atoms with Gasteiger partial charge < -0.3 is 14.8 Å². The second-order valence-electron chi connectivity index (χ2n) is 5.09. The quantitative estimate of drug-likeness (QED) is 0.795. The van der Waals surface area contributed by atoms with E-state index in [9.17, 15) is 14.9 Å². The van der Waals surface area contributed by atoms with E-state index in [4.69, 9.17) is 4.74 Å². The molecule has 130 valence electrons. The van der Waals surface area contributed by atoms with Gasteiger partial charge in [0.2, 0.25) is 0 Å². The topological polar surface area (TPSA) is 101 Å². The number of allylic oxidation sites excluding steroid dienone is 2. The Labute approximate surface area is 149 Å². The molecule has 1 aromatic rings. The lowest BCUT2D eigenvalue weighted by atomic mass is 9.83. The molecule has 1 aromatic heterocycles. The molecule has 0 aromatic carbocycles. The van der Waals surface area contributed by atoms with E-state index in [0.717, 1.165) is 17.3 Å². The molecule has 0 aliphatic carbocycles. The van der Waals surface area contributed by atoms with Crippen LogP contribution in [0.1, 0.15) is 18.4 Å². The van der Waals surface area contributed by atoms with E-state index < -0.39 is 17.9 Å². The molecule has 1 unspecified atom stereocenters. The zero-order valence-corrected chi connectivity index (χ0v) is 14.8. The average Bonchev–Trinajstić information content (AvgIpc) is 2.65. The van der Waals surface area contributed by atoms with Crippen molar-refractivity contribution in [3.05, 3.63) is 52.0 Å². The smallest absolute Gasteiger partial charge is 0.336 e. The Morgan fingerprint density at radius 1 is 1.32 bits per heavy atom. The minimum absolute atomic E-state index is 0.0495. The van der Waals surface area contributed by atoms with Crippen LogP contribution in [0, 0.1) is 11.3 Å². The Morgan fingerprint density at radius 2 is 2.00 bits per heavy atom. The molecule has 1 atom stereocenters. The van der Waals surface area contributed by atoms with Gasteiger partial charge in [0.05, 0.1) is 48.1 Å². The van der Waals surface area contributed by atoms with Crippen molar-refractivity contribution in [2.45, 2.75) is 12.8 Å². The molecule has 1 aliphatic heterocycles. The van der Waals surface area contributed by atoms with Gasteiger partial charge >= 0.3 is 11.9 Å². The molecule has 2 rings (SSSR count). The van der Waals surface area contributed by atoms with Crippen LogP contribution in [0.4, 0.5) is 0 Å². The number of methoxy groups -OCH3 is 2. The second kappa shape index (κ2) is 8.35. The van der Waals surface area contributed by atoms with Crippen molar-refractivity contribution in [2.75, 3.05) is 20.0 Å². The number of nitrogens with zero attached hydrogens (tertiary/aromatic N) is 2. The number of nitrogens with one attached hydrogen (secondary N) is 1. The average molecular weight is 359 g/mol. The Hall–Kier alpha value is -2.79. The molecule has 0 spiro atoms. The first-order valence-corrected chi connectivity index (χ1v) is 8.31. The molecule has 0 bridgehead atoms. The molecule has 0 saturated heterocycles. The summed E-state index contributed by atoms with van der Waals surface area (Å²) in [6, 6.07) is 5.64. The summed E-state index contributed by atoms with van der Waals surface area (Å²) in [5, 5.41) is 13.3. The minimum atomic E-state index is -0.596. The van der Waals surface area contributed by atoms with Crippen molar-refractivity contribution in [3.63, 3.8) is 0 Å². The summed E-state index contributed by atoms with van der Waals surface area (Å²) in [5.74, 6) is -1.47. The summed E-state index contributed by atoms with van der Waals surface area (Å²) in [4.78, 5) is 27.7. The predicted molar refractivity (Wildman–Crippen MR) is 91.9 cm³/mol. The zero-order valence-electron chi connectivity index (χ0n) is 14.0. The third-order valence-electron chi connectivity index (χ3n) is 3.65. The van der Waals surface area contributed by atoms with Crippen molar-refractivity contribution in [3.8, 4) is 6.07 Å². The first kappa shape index (κ1) is 18.5.